The minimum absolute atomic E-state index is 0.0182. The lowest BCUT2D eigenvalue weighted by atomic mass is 10.1. The summed E-state index contributed by atoms with van der Waals surface area (Å²) in [6.45, 7) is 5.11. The molecule has 1 aromatic heterocycles. The van der Waals surface area contributed by atoms with Gasteiger partial charge >= 0.3 is 5.97 Å². The van der Waals surface area contributed by atoms with Gasteiger partial charge in [-0.3, -0.25) is 14.3 Å². The second kappa shape index (κ2) is 9.99. The monoisotopic (exact) mass is 469 g/mol. The molecule has 0 radical (unpaired) electrons. The third kappa shape index (κ3) is 6.07. The lowest BCUT2D eigenvalue weighted by molar-refractivity contribution is -0.144. The quantitative estimate of drug-likeness (QED) is 0.507. The summed E-state index contributed by atoms with van der Waals surface area (Å²) >= 11 is 0. The zero-order chi connectivity index (χ0) is 24.2. The van der Waals surface area contributed by atoms with Crippen molar-refractivity contribution in [3.63, 3.8) is 0 Å². The van der Waals surface area contributed by atoms with Crippen molar-refractivity contribution in [1.29, 1.82) is 0 Å². The number of ether oxygens (including phenoxy) is 1. The molecular weight excluding hydrogens is 442 g/mol. The number of carbonyl (C=O) groups is 2. The molecule has 1 N–H and O–H groups in total. The van der Waals surface area contributed by atoms with Gasteiger partial charge in [0.1, 0.15) is 5.69 Å². The average molecular weight is 470 g/mol. The molecule has 33 heavy (non-hydrogen) atoms. The molecule has 1 amide bonds. The van der Waals surface area contributed by atoms with Crippen molar-refractivity contribution >= 4 is 21.7 Å². The zero-order valence-corrected chi connectivity index (χ0v) is 19.8. The van der Waals surface area contributed by atoms with Gasteiger partial charge in [0.25, 0.3) is 5.91 Å². The molecule has 9 heteroatoms. The Kier molecular flexibility index (Phi) is 7.33. The SMILES string of the molecule is CC(C)OC(=O)CS(=O)(=O)c1ccc([C@@H](C)NC(=O)c2cc(-c3ccccc3)nn2C)cc1. The van der Waals surface area contributed by atoms with Crippen LogP contribution in [0.25, 0.3) is 11.3 Å². The first-order chi connectivity index (χ1) is 15.6. The van der Waals surface area contributed by atoms with Gasteiger partial charge in [-0.1, -0.05) is 42.5 Å². The van der Waals surface area contributed by atoms with E-state index in [1.165, 1.54) is 16.8 Å². The van der Waals surface area contributed by atoms with E-state index in [9.17, 15) is 18.0 Å². The fourth-order valence-corrected chi connectivity index (χ4v) is 4.38. The minimum Gasteiger partial charge on any atom is -0.462 e. The van der Waals surface area contributed by atoms with E-state index in [1.807, 2.05) is 30.3 Å². The normalized spacial score (nSPS) is 12.4. The molecule has 174 valence electrons. The molecule has 0 saturated heterocycles. The predicted octanol–water partition coefficient (Wildman–Crippen LogP) is 3.30. The van der Waals surface area contributed by atoms with Crippen LogP contribution in [0.4, 0.5) is 0 Å². The summed E-state index contributed by atoms with van der Waals surface area (Å²) in [6.07, 6.45) is -0.386. The minimum atomic E-state index is -3.82. The summed E-state index contributed by atoms with van der Waals surface area (Å²) in [5.41, 5.74) is 2.73. The van der Waals surface area contributed by atoms with Gasteiger partial charge in [-0.25, -0.2) is 8.42 Å². The number of esters is 1. The Morgan fingerprint density at radius 3 is 2.27 bits per heavy atom. The second-order valence-corrected chi connectivity index (χ2v) is 9.96. The number of sulfone groups is 1. The van der Waals surface area contributed by atoms with Crippen LogP contribution in [0.3, 0.4) is 0 Å². The Labute approximate surface area is 193 Å². The van der Waals surface area contributed by atoms with E-state index in [2.05, 4.69) is 10.4 Å². The number of hydrogen-bond donors (Lipinski definition) is 1. The standard InChI is InChI=1S/C24H27N3O5S/c1-16(2)32-23(28)15-33(30,31)20-12-10-18(11-13-20)17(3)25-24(29)22-14-21(26-27(22)4)19-8-6-5-7-9-19/h5-14,16-17H,15H2,1-4H3,(H,25,29)/t17-/m1/s1. The molecule has 0 unspecified atom stereocenters. The molecule has 0 bridgehead atoms. The number of carbonyl (C=O) groups excluding carboxylic acids is 2. The van der Waals surface area contributed by atoms with Crippen LogP contribution in [-0.4, -0.2) is 41.9 Å². The molecule has 3 rings (SSSR count). The number of nitrogens with zero attached hydrogens (tertiary/aromatic N) is 2. The summed E-state index contributed by atoms with van der Waals surface area (Å²) in [7, 11) is -2.11. The molecule has 8 nitrogen and oxygen atoms in total. The molecule has 0 saturated carbocycles. The van der Waals surface area contributed by atoms with E-state index in [1.54, 1.807) is 46.0 Å². The van der Waals surface area contributed by atoms with Crippen molar-refractivity contribution in [2.24, 2.45) is 7.05 Å². The van der Waals surface area contributed by atoms with Crippen LogP contribution in [0.5, 0.6) is 0 Å². The van der Waals surface area contributed by atoms with Gasteiger partial charge in [-0.2, -0.15) is 5.10 Å². The predicted molar refractivity (Wildman–Crippen MR) is 124 cm³/mol. The second-order valence-electron chi connectivity index (χ2n) is 7.97. The topological polar surface area (TPSA) is 107 Å². The van der Waals surface area contributed by atoms with E-state index >= 15 is 0 Å². The highest BCUT2D eigenvalue weighted by atomic mass is 32.2. The molecule has 0 aliphatic heterocycles. The van der Waals surface area contributed by atoms with Crippen LogP contribution < -0.4 is 5.32 Å². The van der Waals surface area contributed by atoms with Crippen molar-refractivity contribution < 1.29 is 22.7 Å². The van der Waals surface area contributed by atoms with Gasteiger partial charge in [-0.05, 0) is 44.5 Å². The molecule has 0 fully saturated rings. The van der Waals surface area contributed by atoms with E-state index in [0.717, 1.165) is 11.1 Å². The molecule has 2 aromatic carbocycles. The fourth-order valence-electron chi connectivity index (χ4n) is 3.28. The third-order valence-electron chi connectivity index (χ3n) is 4.94. The number of aryl methyl sites for hydroxylation is 1. The van der Waals surface area contributed by atoms with Crippen LogP contribution in [0.2, 0.25) is 0 Å². The van der Waals surface area contributed by atoms with Gasteiger partial charge in [-0.15, -0.1) is 0 Å². The number of hydrogen-bond acceptors (Lipinski definition) is 6. The Hall–Kier alpha value is -3.46. The summed E-state index contributed by atoms with van der Waals surface area (Å²) in [6, 6.07) is 17.0. The molecule has 0 aliphatic carbocycles. The summed E-state index contributed by atoms with van der Waals surface area (Å²) < 4.78 is 31.3. The van der Waals surface area contributed by atoms with E-state index in [-0.39, 0.29) is 22.9 Å². The highest BCUT2D eigenvalue weighted by Crippen LogP contribution is 2.21. The number of rotatable bonds is 8. The fraction of sp³-hybridized carbons (Fsp3) is 0.292. The van der Waals surface area contributed by atoms with Crippen LogP contribution in [0, 0.1) is 0 Å². The number of benzene rings is 2. The van der Waals surface area contributed by atoms with Crippen LogP contribution >= 0.6 is 0 Å². The average Bonchev–Trinajstić information content (AvgIpc) is 3.15. The largest absolute Gasteiger partial charge is 0.462 e. The smallest absolute Gasteiger partial charge is 0.321 e. The first kappa shape index (κ1) is 24.2. The summed E-state index contributed by atoms with van der Waals surface area (Å²) in [5, 5.41) is 7.32. The van der Waals surface area contributed by atoms with Crippen LogP contribution in [0.15, 0.2) is 65.6 Å². The molecule has 0 spiro atoms. The van der Waals surface area contributed by atoms with Crippen molar-refractivity contribution in [3.8, 4) is 11.3 Å². The van der Waals surface area contributed by atoms with Crippen LogP contribution in [0.1, 0.15) is 42.9 Å². The maximum Gasteiger partial charge on any atom is 0.321 e. The molecule has 1 heterocycles. The van der Waals surface area contributed by atoms with Crippen LogP contribution in [-0.2, 0) is 26.4 Å². The number of nitrogens with one attached hydrogen (secondary N) is 1. The summed E-state index contributed by atoms with van der Waals surface area (Å²) in [4.78, 5) is 24.6. The zero-order valence-electron chi connectivity index (χ0n) is 19.0. The van der Waals surface area contributed by atoms with Crippen molar-refractivity contribution in [1.82, 2.24) is 15.1 Å². The maximum absolute atomic E-state index is 12.8. The maximum atomic E-state index is 12.8. The summed E-state index contributed by atoms with van der Waals surface area (Å²) in [5.74, 6) is -1.81. The lowest BCUT2D eigenvalue weighted by Gasteiger charge is -2.15. The molecule has 3 aromatic rings. The number of amides is 1. The first-order valence-corrected chi connectivity index (χ1v) is 12.1. The Morgan fingerprint density at radius 2 is 1.67 bits per heavy atom. The Morgan fingerprint density at radius 1 is 1.03 bits per heavy atom. The van der Waals surface area contributed by atoms with E-state index in [4.69, 9.17) is 4.74 Å². The van der Waals surface area contributed by atoms with Gasteiger partial charge < -0.3 is 10.1 Å². The van der Waals surface area contributed by atoms with Crippen molar-refractivity contribution in [2.75, 3.05) is 5.75 Å². The van der Waals surface area contributed by atoms with Crippen molar-refractivity contribution in [2.45, 2.75) is 37.8 Å². The Bertz CT molecular complexity index is 1230. The molecule has 1 atom stereocenters. The van der Waals surface area contributed by atoms with E-state index in [0.29, 0.717) is 11.4 Å². The molecular formula is C24H27N3O5S. The third-order valence-corrected chi connectivity index (χ3v) is 6.55. The molecule has 0 aliphatic rings. The van der Waals surface area contributed by atoms with Gasteiger partial charge in [0.2, 0.25) is 0 Å². The number of aromatic nitrogens is 2. The van der Waals surface area contributed by atoms with Crippen molar-refractivity contribution in [3.05, 3.63) is 71.9 Å². The highest BCUT2D eigenvalue weighted by molar-refractivity contribution is 7.92. The van der Waals surface area contributed by atoms with Gasteiger partial charge in [0.05, 0.1) is 22.7 Å². The van der Waals surface area contributed by atoms with Gasteiger partial charge in [0, 0.05) is 12.6 Å². The first-order valence-electron chi connectivity index (χ1n) is 10.5. The van der Waals surface area contributed by atoms with Gasteiger partial charge in [0.15, 0.2) is 15.6 Å². The van der Waals surface area contributed by atoms with E-state index < -0.39 is 21.6 Å². The Balaban J connectivity index is 1.69. The highest BCUT2D eigenvalue weighted by Gasteiger charge is 2.22. The lowest BCUT2D eigenvalue weighted by Crippen LogP contribution is -2.28.